The van der Waals surface area contributed by atoms with Crippen molar-refractivity contribution in [1.82, 2.24) is 19.4 Å². The third-order valence-electron chi connectivity index (χ3n) is 7.55. The van der Waals surface area contributed by atoms with Gasteiger partial charge in [-0.3, -0.25) is 0 Å². The fourth-order valence-electron chi connectivity index (χ4n) is 5.42. The highest BCUT2D eigenvalue weighted by atomic mass is 35.5. The largest absolute Gasteiger partial charge is 0.495 e. The van der Waals surface area contributed by atoms with Crippen LogP contribution in [0.1, 0.15) is 24.8 Å². The summed E-state index contributed by atoms with van der Waals surface area (Å²) >= 11 is 6.38. The van der Waals surface area contributed by atoms with E-state index >= 15 is 0 Å². The number of benzene rings is 1. The Bertz CT molecular complexity index is 1430. The number of nitrogens with zero attached hydrogens (tertiary/aromatic N) is 7. The summed E-state index contributed by atoms with van der Waals surface area (Å²) in [6, 6.07) is 9.95. The highest BCUT2D eigenvalue weighted by Crippen LogP contribution is 2.34. The second-order valence-electron chi connectivity index (χ2n) is 9.83. The molecule has 0 amide bonds. The lowest BCUT2D eigenvalue weighted by Gasteiger charge is -2.37. The quantitative estimate of drug-likeness (QED) is 0.394. The Hall–Kier alpha value is -3.56. The molecule has 4 aromatic rings. The van der Waals surface area contributed by atoms with Crippen molar-refractivity contribution in [1.29, 1.82) is 0 Å². The second-order valence-corrected chi connectivity index (χ2v) is 10.2. The number of methoxy groups -OCH3 is 1. The number of pyridine rings is 1. The molecule has 198 valence electrons. The standard InChI is InChI=1S/C28H32ClN7O2/c1-38-25-13-20(18-37)22(15-23(25)29)24-17-36-8-5-21(14-28(36)32-24)33-9-11-35(12-10-33)27-16-26(30-19-31-27)34-6-3-2-4-7-34/h5,8,13-17,19,37H,2-4,6-7,9-12,18H2,1H3. The molecule has 1 aromatic carbocycles. The van der Waals surface area contributed by atoms with Crippen molar-refractivity contribution in [3.8, 4) is 17.0 Å². The lowest BCUT2D eigenvalue weighted by atomic mass is 10.1. The molecular formula is C28H32ClN7O2. The number of anilines is 3. The monoisotopic (exact) mass is 533 g/mol. The van der Waals surface area contributed by atoms with E-state index in [0.29, 0.717) is 10.8 Å². The van der Waals surface area contributed by atoms with E-state index in [1.807, 2.05) is 16.8 Å². The van der Waals surface area contributed by atoms with Crippen LogP contribution in [0.15, 0.2) is 49.1 Å². The predicted octanol–water partition coefficient (Wildman–Crippen LogP) is 4.26. The minimum Gasteiger partial charge on any atom is -0.495 e. The Labute approximate surface area is 227 Å². The first-order valence-corrected chi connectivity index (χ1v) is 13.5. The zero-order chi connectivity index (χ0) is 26.1. The molecule has 0 saturated carbocycles. The van der Waals surface area contributed by atoms with Crippen molar-refractivity contribution >= 4 is 34.6 Å². The van der Waals surface area contributed by atoms with Crippen LogP contribution in [0.5, 0.6) is 5.75 Å². The fourth-order valence-corrected chi connectivity index (χ4v) is 5.66. The number of hydrogen-bond acceptors (Lipinski definition) is 8. The van der Waals surface area contributed by atoms with Gasteiger partial charge in [0, 0.05) is 75.0 Å². The molecule has 2 fully saturated rings. The van der Waals surface area contributed by atoms with Gasteiger partial charge >= 0.3 is 0 Å². The van der Waals surface area contributed by atoms with Crippen LogP contribution in [0.25, 0.3) is 16.9 Å². The van der Waals surface area contributed by atoms with Gasteiger partial charge in [0.25, 0.3) is 0 Å². The van der Waals surface area contributed by atoms with Crippen molar-refractivity contribution in [2.24, 2.45) is 0 Å². The van der Waals surface area contributed by atoms with Gasteiger partial charge in [-0.25, -0.2) is 15.0 Å². The summed E-state index contributed by atoms with van der Waals surface area (Å²) < 4.78 is 7.30. The van der Waals surface area contributed by atoms with Crippen LogP contribution in [-0.2, 0) is 6.61 Å². The normalized spacial score (nSPS) is 16.3. The van der Waals surface area contributed by atoms with Crippen LogP contribution in [-0.4, -0.2) is 70.8 Å². The zero-order valence-corrected chi connectivity index (χ0v) is 22.3. The highest BCUT2D eigenvalue weighted by Gasteiger charge is 2.21. The van der Waals surface area contributed by atoms with E-state index in [1.54, 1.807) is 25.6 Å². The molecule has 1 N–H and O–H groups in total. The molecule has 9 nitrogen and oxygen atoms in total. The summed E-state index contributed by atoms with van der Waals surface area (Å²) in [7, 11) is 1.56. The summed E-state index contributed by atoms with van der Waals surface area (Å²) in [6.07, 6.45) is 9.47. The molecule has 3 aromatic heterocycles. The molecule has 2 saturated heterocycles. The van der Waals surface area contributed by atoms with Crippen LogP contribution in [0.3, 0.4) is 0 Å². The molecule has 0 unspecified atom stereocenters. The first kappa shape index (κ1) is 24.8. The third kappa shape index (κ3) is 4.83. The minimum absolute atomic E-state index is 0.127. The average Bonchev–Trinajstić information content (AvgIpc) is 3.41. The average molecular weight is 534 g/mol. The first-order chi connectivity index (χ1) is 18.6. The van der Waals surface area contributed by atoms with Gasteiger partial charge in [-0.15, -0.1) is 0 Å². The number of hydrogen-bond donors (Lipinski definition) is 1. The Morgan fingerprint density at radius 1 is 0.895 bits per heavy atom. The van der Waals surface area contributed by atoms with Gasteiger partial charge in [0.15, 0.2) is 0 Å². The van der Waals surface area contributed by atoms with E-state index in [2.05, 4.69) is 42.9 Å². The van der Waals surface area contributed by atoms with Crippen molar-refractivity contribution < 1.29 is 9.84 Å². The zero-order valence-electron chi connectivity index (χ0n) is 21.6. The van der Waals surface area contributed by atoms with Crippen LogP contribution in [0.2, 0.25) is 5.02 Å². The maximum absolute atomic E-state index is 9.91. The Kier molecular flexibility index (Phi) is 6.95. The van der Waals surface area contributed by atoms with Crippen molar-refractivity contribution in [3.05, 3.63) is 59.6 Å². The highest BCUT2D eigenvalue weighted by molar-refractivity contribution is 6.32. The molecule has 0 radical (unpaired) electrons. The lowest BCUT2D eigenvalue weighted by Crippen LogP contribution is -2.47. The van der Waals surface area contributed by atoms with E-state index in [-0.39, 0.29) is 6.61 Å². The number of fused-ring (bicyclic) bond motifs is 1. The topological polar surface area (TPSA) is 82.3 Å². The summed E-state index contributed by atoms with van der Waals surface area (Å²) in [4.78, 5) is 21.1. The van der Waals surface area contributed by atoms with Crippen molar-refractivity contribution in [3.63, 3.8) is 0 Å². The van der Waals surface area contributed by atoms with Gasteiger partial charge in [0.2, 0.25) is 0 Å². The SMILES string of the molecule is COc1cc(CO)c(-c2cn3ccc(N4CCN(c5cc(N6CCCCC6)ncn5)CC4)cc3n2)cc1Cl. The summed E-state index contributed by atoms with van der Waals surface area (Å²) in [6.45, 7) is 5.62. The molecular weight excluding hydrogens is 502 g/mol. The smallest absolute Gasteiger partial charge is 0.139 e. The Balaban J connectivity index is 1.17. The maximum atomic E-state index is 9.91. The number of aliphatic hydroxyl groups excluding tert-OH is 1. The summed E-state index contributed by atoms with van der Waals surface area (Å²) in [5.41, 5.74) is 4.26. The van der Waals surface area contributed by atoms with Crippen molar-refractivity contribution in [2.45, 2.75) is 25.9 Å². The van der Waals surface area contributed by atoms with E-state index in [0.717, 1.165) is 79.1 Å². The van der Waals surface area contributed by atoms with Gasteiger partial charge in [-0.05, 0) is 43.0 Å². The van der Waals surface area contributed by atoms with Gasteiger partial charge < -0.3 is 28.9 Å². The van der Waals surface area contributed by atoms with E-state index < -0.39 is 0 Å². The molecule has 6 rings (SSSR count). The Morgan fingerprint density at radius 3 is 2.32 bits per heavy atom. The lowest BCUT2D eigenvalue weighted by molar-refractivity contribution is 0.281. The number of halogens is 1. The van der Waals surface area contributed by atoms with Crippen molar-refractivity contribution in [2.75, 3.05) is 61.1 Å². The number of piperazine rings is 1. The number of ether oxygens (including phenoxy) is 1. The first-order valence-electron chi connectivity index (χ1n) is 13.2. The van der Waals surface area contributed by atoms with Crippen LogP contribution >= 0.6 is 11.6 Å². The van der Waals surface area contributed by atoms with Gasteiger partial charge in [0.1, 0.15) is 29.4 Å². The summed E-state index contributed by atoms with van der Waals surface area (Å²) in [5.74, 6) is 2.58. The van der Waals surface area contributed by atoms with Gasteiger partial charge in [-0.1, -0.05) is 11.6 Å². The number of aromatic nitrogens is 4. The number of piperidine rings is 1. The van der Waals surface area contributed by atoms with Gasteiger partial charge in [-0.2, -0.15) is 0 Å². The molecule has 0 bridgehead atoms. The maximum Gasteiger partial charge on any atom is 0.139 e. The molecule has 2 aliphatic heterocycles. The van der Waals surface area contributed by atoms with Gasteiger partial charge in [0.05, 0.1) is 24.4 Å². The van der Waals surface area contributed by atoms with Crippen LogP contribution in [0, 0.1) is 0 Å². The molecule has 0 aliphatic carbocycles. The van der Waals surface area contributed by atoms with Crippen LogP contribution < -0.4 is 19.4 Å². The number of rotatable bonds is 6. The van der Waals surface area contributed by atoms with E-state index in [9.17, 15) is 5.11 Å². The van der Waals surface area contributed by atoms with E-state index in [1.165, 1.54) is 19.3 Å². The fraction of sp³-hybridized carbons (Fsp3) is 0.393. The third-order valence-corrected chi connectivity index (χ3v) is 7.85. The minimum atomic E-state index is -0.127. The molecule has 0 spiro atoms. The Morgan fingerprint density at radius 2 is 1.61 bits per heavy atom. The number of aliphatic hydroxyl groups is 1. The second kappa shape index (κ2) is 10.7. The molecule has 0 atom stereocenters. The van der Waals surface area contributed by atoms with Crippen LogP contribution in [0.4, 0.5) is 17.3 Å². The molecule has 10 heteroatoms. The van der Waals surface area contributed by atoms with E-state index in [4.69, 9.17) is 21.3 Å². The summed E-state index contributed by atoms with van der Waals surface area (Å²) in [5, 5.41) is 10.4. The number of imidazole rings is 1. The molecule has 5 heterocycles. The molecule has 38 heavy (non-hydrogen) atoms. The predicted molar refractivity (Wildman–Crippen MR) is 151 cm³/mol. The molecule has 2 aliphatic rings.